The first-order valence-corrected chi connectivity index (χ1v) is 4.46. The molecule has 4 nitrogen and oxygen atoms in total. The van der Waals surface area contributed by atoms with Crippen LogP contribution in [0.3, 0.4) is 0 Å². The van der Waals surface area contributed by atoms with Crippen LogP contribution in [0.25, 0.3) is 0 Å². The summed E-state index contributed by atoms with van der Waals surface area (Å²) < 4.78 is 0. The van der Waals surface area contributed by atoms with Crippen LogP contribution in [0.2, 0.25) is 0 Å². The maximum atomic E-state index is 10.6. The average Bonchev–Trinajstić information content (AvgIpc) is 2.01. The molecule has 64 valence electrons. The van der Waals surface area contributed by atoms with Crippen LogP contribution in [0.5, 0.6) is 0 Å². The van der Waals surface area contributed by atoms with Crippen molar-refractivity contribution in [1.82, 2.24) is 5.32 Å². The Kier molecular flexibility index (Phi) is 5.64. The summed E-state index contributed by atoms with van der Waals surface area (Å²) in [5.41, 5.74) is 0. The minimum atomic E-state index is -0.513. The fourth-order valence-corrected chi connectivity index (χ4v) is 0.431. The van der Waals surface area contributed by atoms with Gasteiger partial charge in [0.05, 0.1) is 0 Å². The van der Waals surface area contributed by atoms with Crippen LogP contribution >= 0.6 is 11.8 Å². The second kappa shape index (κ2) is 6.03. The van der Waals surface area contributed by atoms with E-state index in [-0.39, 0.29) is 0 Å². The van der Waals surface area contributed by atoms with Gasteiger partial charge in [-0.1, -0.05) is 5.16 Å². The van der Waals surface area contributed by atoms with Crippen molar-refractivity contribution in [2.24, 2.45) is 5.16 Å². The topological polar surface area (TPSA) is 50.7 Å². The molecule has 5 heteroatoms. The number of carbonyl (C=O) groups excluding carboxylic acids is 1. The van der Waals surface area contributed by atoms with E-state index in [9.17, 15) is 4.79 Å². The predicted octanol–water partition coefficient (Wildman–Crippen LogP) is 1.43. The molecule has 1 amide bonds. The summed E-state index contributed by atoms with van der Waals surface area (Å²) in [6.07, 6.45) is 1.35. The third kappa shape index (κ3) is 5.72. The first kappa shape index (κ1) is 10.3. The van der Waals surface area contributed by atoms with Crippen LogP contribution in [0.15, 0.2) is 5.16 Å². The number of hydrogen-bond donors (Lipinski definition) is 1. The van der Waals surface area contributed by atoms with Gasteiger partial charge in [0.15, 0.2) is 0 Å². The van der Waals surface area contributed by atoms with Gasteiger partial charge >= 0.3 is 6.09 Å². The number of carbonyl (C=O) groups is 1. The van der Waals surface area contributed by atoms with Crippen LogP contribution < -0.4 is 5.32 Å². The Morgan fingerprint density at radius 2 is 2.36 bits per heavy atom. The van der Waals surface area contributed by atoms with Crippen LogP contribution in [-0.4, -0.2) is 23.9 Å². The molecular weight excluding hydrogens is 164 g/mol. The number of hydrogen-bond acceptors (Lipinski definition) is 4. The molecule has 0 atom stereocenters. The zero-order valence-electron chi connectivity index (χ0n) is 6.88. The molecule has 0 aliphatic carbocycles. The van der Waals surface area contributed by atoms with Crippen molar-refractivity contribution >= 4 is 22.9 Å². The Hall–Kier alpha value is -0.710. The highest BCUT2D eigenvalue weighted by molar-refractivity contribution is 8.13. The molecule has 0 aliphatic rings. The summed E-state index contributed by atoms with van der Waals surface area (Å²) in [5.74, 6) is 0. The van der Waals surface area contributed by atoms with Gasteiger partial charge in [-0.2, -0.15) is 0 Å². The van der Waals surface area contributed by atoms with E-state index in [1.54, 1.807) is 6.92 Å². The lowest BCUT2D eigenvalue weighted by Gasteiger charge is -1.97. The molecule has 0 rings (SSSR count). The van der Waals surface area contributed by atoms with Crippen molar-refractivity contribution in [3.63, 3.8) is 0 Å². The van der Waals surface area contributed by atoms with E-state index in [1.165, 1.54) is 11.8 Å². The monoisotopic (exact) mass is 176 g/mol. The van der Waals surface area contributed by atoms with Crippen molar-refractivity contribution < 1.29 is 9.63 Å². The van der Waals surface area contributed by atoms with Gasteiger partial charge in [0.25, 0.3) is 0 Å². The Morgan fingerprint density at radius 1 is 1.73 bits per heavy atom. The molecular formula is C6H12N2O2S. The van der Waals surface area contributed by atoms with Gasteiger partial charge < -0.3 is 5.32 Å². The molecule has 0 aromatic carbocycles. The van der Waals surface area contributed by atoms with E-state index in [0.29, 0.717) is 6.54 Å². The van der Waals surface area contributed by atoms with Gasteiger partial charge in [-0.15, -0.1) is 11.8 Å². The van der Waals surface area contributed by atoms with E-state index >= 15 is 0 Å². The van der Waals surface area contributed by atoms with E-state index in [1.807, 2.05) is 13.2 Å². The van der Waals surface area contributed by atoms with Gasteiger partial charge in [0.1, 0.15) is 5.04 Å². The highest BCUT2D eigenvalue weighted by atomic mass is 32.2. The Balaban J connectivity index is 3.60. The van der Waals surface area contributed by atoms with E-state index in [2.05, 4.69) is 15.3 Å². The Bertz CT molecular complexity index is 159. The van der Waals surface area contributed by atoms with Crippen LogP contribution in [0.1, 0.15) is 13.8 Å². The minimum Gasteiger partial charge on any atom is -0.320 e. The lowest BCUT2D eigenvalue weighted by atomic mass is 10.8. The van der Waals surface area contributed by atoms with E-state index < -0.39 is 6.09 Å². The van der Waals surface area contributed by atoms with Gasteiger partial charge in [0.2, 0.25) is 0 Å². The lowest BCUT2D eigenvalue weighted by Crippen LogP contribution is -2.22. The molecule has 11 heavy (non-hydrogen) atoms. The normalized spacial score (nSPS) is 11.0. The smallest absolute Gasteiger partial charge is 0.320 e. The quantitative estimate of drug-likeness (QED) is 0.300. The molecule has 0 aromatic heterocycles. The van der Waals surface area contributed by atoms with Crippen molar-refractivity contribution in [2.45, 2.75) is 13.8 Å². The second-order valence-electron chi connectivity index (χ2n) is 1.72. The first-order valence-electron chi connectivity index (χ1n) is 3.24. The average molecular weight is 176 g/mol. The molecule has 0 aromatic rings. The maximum absolute atomic E-state index is 10.6. The number of nitrogens with one attached hydrogen (secondary N) is 1. The van der Waals surface area contributed by atoms with E-state index in [4.69, 9.17) is 0 Å². The summed E-state index contributed by atoms with van der Waals surface area (Å²) in [4.78, 5) is 15.1. The maximum Gasteiger partial charge on any atom is 0.433 e. The third-order valence-corrected chi connectivity index (χ3v) is 1.54. The second-order valence-corrected chi connectivity index (χ2v) is 2.72. The summed E-state index contributed by atoms with van der Waals surface area (Å²) in [6.45, 7) is 4.13. The third-order valence-electron chi connectivity index (χ3n) is 0.874. The zero-order valence-corrected chi connectivity index (χ0v) is 7.70. The molecule has 0 saturated carbocycles. The van der Waals surface area contributed by atoms with Crippen LogP contribution in [-0.2, 0) is 4.84 Å². The largest absolute Gasteiger partial charge is 0.433 e. The SMILES string of the molecule is CCNC(=O)O/N=C(/C)SC. The van der Waals surface area contributed by atoms with E-state index in [0.717, 1.165) is 5.04 Å². The standard InChI is InChI=1S/C6H12N2O2S/c1-4-7-6(9)10-8-5(2)11-3/h4H2,1-3H3,(H,7,9)/b8-5-. The first-order chi connectivity index (χ1) is 5.20. The van der Waals surface area contributed by atoms with Crippen LogP contribution in [0, 0.1) is 0 Å². The predicted molar refractivity (Wildman–Crippen MR) is 46.8 cm³/mol. The van der Waals surface area contributed by atoms with Crippen molar-refractivity contribution in [3.8, 4) is 0 Å². The summed E-state index contributed by atoms with van der Waals surface area (Å²) in [7, 11) is 0. The van der Waals surface area contributed by atoms with Crippen molar-refractivity contribution in [2.75, 3.05) is 12.8 Å². The molecule has 0 spiro atoms. The highest BCUT2D eigenvalue weighted by Crippen LogP contribution is 1.96. The van der Waals surface area contributed by atoms with Gasteiger partial charge in [-0.05, 0) is 20.1 Å². The summed E-state index contributed by atoms with van der Waals surface area (Å²) >= 11 is 1.43. The summed E-state index contributed by atoms with van der Waals surface area (Å²) in [6, 6.07) is 0. The number of rotatable bonds is 2. The molecule has 1 N–H and O–H groups in total. The fourth-order valence-electron chi connectivity index (χ4n) is 0.320. The number of nitrogens with zero attached hydrogens (tertiary/aromatic N) is 1. The molecule has 0 saturated heterocycles. The Morgan fingerprint density at radius 3 is 2.82 bits per heavy atom. The van der Waals surface area contributed by atoms with Gasteiger partial charge in [0, 0.05) is 6.54 Å². The van der Waals surface area contributed by atoms with Crippen molar-refractivity contribution in [1.29, 1.82) is 0 Å². The number of thioether (sulfide) groups is 1. The molecule has 0 unspecified atom stereocenters. The fraction of sp³-hybridized carbons (Fsp3) is 0.667. The van der Waals surface area contributed by atoms with Gasteiger partial charge in [-0.25, -0.2) is 4.79 Å². The van der Waals surface area contributed by atoms with Gasteiger partial charge in [-0.3, -0.25) is 4.84 Å². The molecule has 0 fully saturated rings. The highest BCUT2D eigenvalue weighted by Gasteiger charge is 1.97. The minimum absolute atomic E-state index is 0.513. The molecule has 0 radical (unpaired) electrons. The zero-order chi connectivity index (χ0) is 8.69. The lowest BCUT2D eigenvalue weighted by molar-refractivity contribution is 0.151. The summed E-state index contributed by atoms with van der Waals surface area (Å²) in [5, 5.41) is 6.69. The van der Waals surface area contributed by atoms with Crippen LogP contribution in [0.4, 0.5) is 4.79 Å². The molecule has 0 heterocycles. The van der Waals surface area contributed by atoms with Crippen molar-refractivity contribution in [3.05, 3.63) is 0 Å². The number of oxime groups is 1. The Labute approximate surface area is 70.4 Å². The number of amides is 1. The molecule has 0 bridgehead atoms. The molecule has 0 aliphatic heterocycles.